The second-order valence-electron chi connectivity index (χ2n) is 6.29. The summed E-state index contributed by atoms with van der Waals surface area (Å²) in [5.41, 5.74) is 3.65. The van der Waals surface area contributed by atoms with Crippen molar-refractivity contribution in [3.63, 3.8) is 0 Å². The van der Waals surface area contributed by atoms with Crippen molar-refractivity contribution in [1.29, 1.82) is 0 Å². The van der Waals surface area contributed by atoms with E-state index >= 15 is 0 Å². The SMILES string of the molecule is CCCc1noc(CCC(=O)Nc2cccc(-n3nc(C)cc3C)c2)n1. The molecule has 0 spiro atoms. The summed E-state index contributed by atoms with van der Waals surface area (Å²) >= 11 is 0. The first-order valence-corrected chi connectivity index (χ1v) is 8.80. The van der Waals surface area contributed by atoms with E-state index in [1.165, 1.54) is 0 Å². The molecule has 0 aliphatic rings. The van der Waals surface area contributed by atoms with Crippen molar-refractivity contribution in [1.82, 2.24) is 19.9 Å². The topological polar surface area (TPSA) is 85.8 Å². The molecule has 0 aliphatic carbocycles. The molecule has 0 unspecified atom stereocenters. The second kappa shape index (κ2) is 7.95. The lowest BCUT2D eigenvalue weighted by Gasteiger charge is -2.08. The second-order valence-corrected chi connectivity index (χ2v) is 6.29. The third-order valence-corrected chi connectivity index (χ3v) is 3.93. The summed E-state index contributed by atoms with van der Waals surface area (Å²) in [7, 11) is 0. The van der Waals surface area contributed by atoms with E-state index in [1.807, 2.05) is 48.9 Å². The summed E-state index contributed by atoms with van der Waals surface area (Å²) in [6.45, 7) is 6.02. The Bertz CT molecular complexity index is 897. The van der Waals surface area contributed by atoms with E-state index in [-0.39, 0.29) is 12.3 Å². The molecule has 0 radical (unpaired) electrons. The van der Waals surface area contributed by atoms with Gasteiger partial charge in [0, 0.05) is 30.6 Å². The third-order valence-electron chi connectivity index (χ3n) is 3.93. The molecule has 1 aromatic carbocycles. The molecule has 0 bridgehead atoms. The van der Waals surface area contributed by atoms with Crippen molar-refractivity contribution >= 4 is 11.6 Å². The van der Waals surface area contributed by atoms with Gasteiger partial charge in [-0.1, -0.05) is 18.1 Å². The average Bonchev–Trinajstić information content (AvgIpc) is 3.19. The molecule has 0 atom stereocenters. The predicted octanol–water partition coefficient (Wildman–Crippen LogP) is 3.40. The van der Waals surface area contributed by atoms with Gasteiger partial charge in [0.1, 0.15) is 0 Å². The number of hydrogen-bond donors (Lipinski definition) is 1. The predicted molar refractivity (Wildman–Crippen MR) is 98.3 cm³/mol. The number of aromatic nitrogens is 4. The number of anilines is 1. The van der Waals surface area contributed by atoms with Crippen molar-refractivity contribution in [2.45, 2.75) is 46.5 Å². The maximum absolute atomic E-state index is 12.2. The van der Waals surface area contributed by atoms with Crippen molar-refractivity contribution in [2.24, 2.45) is 0 Å². The maximum Gasteiger partial charge on any atom is 0.227 e. The zero-order valence-electron chi connectivity index (χ0n) is 15.3. The van der Waals surface area contributed by atoms with Crippen LogP contribution in [0, 0.1) is 13.8 Å². The van der Waals surface area contributed by atoms with E-state index in [0.717, 1.165) is 35.6 Å². The van der Waals surface area contributed by atoms with Gasteiger partial charge in [-0.2, -0.15) is 10.1 Å². The number of carbonyl (C=O) groups is 1. The Kier molecular flexibility index (Phi) is 5.46. The molecule has 0 aliphatic heterocycles. The van der Waals surface area contributed by atoms with Gasteiger partial charge in [0.25, 0.3) is 0 Å². The van der Waals surface area contributed by atoms with Crippen LogP contribution in [0.2, 0.25) is 0 Å². The van der Waals surface area contributed by atoms with E-state index in [9.17, 15) is 4.79 Å². The van der Waals surface area contributed by atoms with E-state index in [1.54, 1.807) is 0 Å². The average molecular weight is 353 g/mol. The van der Waals surface area contributed by atoms with Gasteiger partial charge in [-0.3, -0.25) is 4.79 Å². The fourth-order valence-corrected chi connectivity index (χ4v) is 2.77. The first-order valence-electron chi connectivity index (χ1n) is 8.80. The van der Waals surface area contributed by atoms with Crippen LogP contribution in [0.25, 0.3) is 5.69 Å². The van der Waals surface area contributed by atoms with Crippen LogP contribution < -0.4 is 5.32 Å². The zero-order valence-corrected chi connectivity index (χ0v) is 15.3. The van der Waals surface area contributed by atoms with Gasteiger partial charge in [-0.25, -0.2) is 4.68 Å². The highest BCUT2D eigenvalue weighted by Gasteiger charge is 2.10. The molecule has 1 amide bonds. The van der Waals surface area contributed by atoms with Crippen molar-refractivity contribution in [3.8, 4) is 5.69 Å². The number of hydrogen-bond acceptors (Lipinski definition) is 5. The molecule has 3 rings (SSSR count). The van der Waals surface area contributed by atoms with Crippen LogP contribution in [0.3, 0.4) is 0 Å². The smallest absolute Gasteiger partial charge is 0.227 e. The standard InChI is InChI=1S/C19H23N5O2/c1-4-6-17-21-19(26-23-17)10-9-18(25)20-15-7-5-8-16(12-15)24-14(3)11-13(2)22-24/h5,7-8,11-12H,4,6,9-10H2,1-3H3,(H,20,25). The van der Waals surface area contributed by atoms with E-state index in [4.69, 9.17) is 4.52 Å². The number of benzene rings is 1. The number of nitrogens with one attached hydrogen (secondary N) is 1. The summed E-state index contributed by atoms with van der Waals surface area (Å²) in [5.74, 6) is 1.10. The molecule has 26 heavy (non-hydrogen) atoms. The lowest BCUT2D eigenvalue weighted by molar-refractivity contribution is -0.116. The summed E-state index contributed by atoms with van der Waals surface area (Å²) < 4.78 is 7.02. The van der Waals surface area contributed by atoms with Gasteiger partial charge in [-0.05, 0) is 44.5 Å². The molecule has 136 valence electrons. The molecular formula is C19H23N5O2. The molecule has 7 heteroatoms. The summed E-state index contributed by atoms with van der Waals surface area (Å²) in [5, 5.41) is 11.3. The van der Waals surface area contributed by atoms with Gasteiger partial charge < -0.3 is 9.84 Å². The largest absolute Gasteiger partial charge is 0.339 e. The highest BCUT2D eigenvalue weighted by atomic mass is 16.5. The molecular weight excluding hydrogens is 330 g/mol. The van der Waals surface area contributed by atoms with Gasteiger partial charge in [-0.15, -0.1) is 0 Å². The van der Waals surface area contributed by atoms with Crippen LogP contribution in [0.5, 0.6) is 0 Å². The fourth-order valence-electron chi connectivity index (χ4n) is 2.77. The molecule has 0 fully saturated rings. The van der Waals surface area contributed by atoms with E-state index in [0.29, 0.717) is 18.1 Å². The Labute approximate surface area is 152 Å². The van der Waals surface area contributed by atoms with Gasteiger partial charge in [0.2, 0.25) is 11.8 Å². The summed E-state index contributed by atoms with van der Waals surface area (Å²) in [4.78, 5) is 16.5. The van der Waals surface area contributed by atoms with Crippen molar-refractivity contribution < 1.29 is 9.32 Å². The first-order chi connectivity index (χ1) is 12.5. The van der Waals surface area contributed by atoms with E-state index < -0.39 is 0 Å². The number of aryl methyl sites for hydroxylation is 4. The molecule has 0 saturated heterocycles. The van der Waals surface area contributed by atoms with Crippen molar-refractivity contribution in [3.05, 3.63) is 53.4 Å². The minimum absolute atomic E-state index is 0.0919. The van der Waals surface area contributed by atoms with E-state index in [2.05, 4.69) is 27.5 Å². The Morgan fingerprint density at radius 3 is 2.81 bits per heavy atom. The van der Waals surface area contributed by atoms with Crippen molar-refractivity contribution in [2.75, 3.05) is 5.32 Å². The third kappa shape index (κ3) is 4.36. The highest BCUT2D eigenvalue weighted by molar-refractivity contribution is 5.91. The summed E-state index contributed by atoms with van der Waals surface area (Å²) in [6.07, 6.45) is 2.47. The molecule has 2 aromatic heterocycles. The normalized spacial score (nSPS) is 10.9. The van der Waals surface area contributed by atoms with Crippen LogP contribution in [-0.2, 0) is 17.6 Å². The summed E-state index contributed by atoms with van der Waals surface area (Å²) in [6, 6.07) is 9.64. The van der Waals surface area contributed by atoms with Crippen LogP contribution >= 0.6 is 0 Å². The van der Waals surface area contributed by atoms with Crippen LogP contribution in [0.4, 0.5) is 5.69 Å². The Hall–Kier alpha value is -2.96. The van der Waals surface area contributed by atoms with Gasteiger partial charge in [0.05, 0.1) is 11.4 Å². The minimum Gasteiger partial charge on any atom is -0.339 e. The Morgan fingerprint density at radius 2 is 2.08 bits per heavy atom. The molecule has 0 saturated carbocycles. The van der Waals surface area contributed by atoms with Crippen LogP contribution in [0.15, 0.2) is 34.9 Å². The maximum atomic E-state index is 12.2. The first kappa shape index (κ1) is 17.8. The van der Waals surface area contributed by atoms with Crippen LogP contribution in [-0.4, -0.2) is 25.8 Å². The molecule has 2 heterocycles. The van der Waals surface area contributed by atoms with Crippen LogP contribution in [0.1, 0.15) is 42.9 Å². The quantitative estimate of drug-likeness (QED) is 0.703. The lowest BCUT2D eigenvalue weighted by atomic mass is 10.2. The minimum atomic E-state index is -0.0919. The molecule has 3 aromatic rings. The highest BCUT2D eigenvalue weighted by Crippen LogP contribution is 2.17. The fraction of sp³-hybridized carbons (Fsp3) is 0.368. The Morgan fingerprint density at radius 1 is 1.23 bits per heavy atom. The monoisotopic (exact) mass is 353 g/mol. The van der Waals surface area contributed by atoms with Gasteiger partial charge in [0.15, 0.2) is 5.82 Å². The lowest BCUT2D eigenvalue weighted by Crippen LogP contribution is -2.13. The number of amides is 1. The number of carbonyl (C=O) groups excluding carboxylic acids is 1. The Balaban J connectivity index is 1.60. The van der Waals surface area contributed by atoms with Gasteiger partial charge >= 0.3 is 0 Å². The number of rotatable bonds is 7. The number of nitrogens with zero attached hydrogens (tertiary/aromatic N) is 4. The zero-order chi connectivity index (χ0) is 18.5. The molecule has 1 N–H and O–H groups in total. The molecule has 7 nitrogen and oxygen atoms in total.